The van der Waals surface area contributed by atoms with Gasteiger partial charge in [-0.15, -0.1) is 0 Å². The molecule has 0 bridgehead atoms. The summed E-state index contributed by atoms with van der Waals surface area (Å²) in [5.74, 6) is -0.308. The van der Waals surface area contributed by atoms with Crippen LogP contribution in [-0.4, -0.2) is 71.4 Å². The molecule has 7 nitrogen and oxygen atoms in total. The number of amides is 1. The average Bonchev–Trinajstić information content (AvgIpc) is 2.85. The van der Waals surface area contributed by atoms with Gasteiger partial charge in [-0.2, -0.15) is 5.10 Å². The van der Waals surface area contributed by atoms with Gasteiger partial charge in [-0.25, -0.2) is 0 Å². The van der Waals surface area contributed by atoms with Crippen LogP contribution in [0.25, 0.3) is 0 Å². The van der Waals surface area contributed by atoms with Crippen molar-refractivity contribution in [2.24, 2.45) is 5.73 Å². The number of carbonyl (C=O) groups is 1. The molecule has 1 unspecified atom stereocenters. The fraction of sp³-hybridized carbons (Fsp3) is 0.714. The van der Waals surface area contributed by atoms with Crippen LogP contribution in [-0.2, 0) is 22.6 Å². The number of ether oxygens (including phenoxy) is 1. The Hall–Kier alpha value is -1.44. The van der Waals surface area contributed by atoms with Crippen LogP contribution in [0.2, 0.25) is 0 Å². The second-order valence-electron chi connectivity index (χ2n) is 5.53. The Bertz CT molecular complexity index is 462. The molecule has 118 valence electrons. The molecule has 1 aliphatic rings. The van der Waals surface area contributed by atoms with Crippen molar-refractivity contribution in [1.29, 1.82) is 0 Å². The van der Waals surface area contributed by atoms with Crippen LogP contribution in [0.5, 0.6) is 0 Å². The highest BCUT2D eigenvalue weighted by Gasteiger charge is 2.22. The van der Waals surface area contributed by atoms with Gasteiger partial charge in [0, 0.05) is 38.9 Å². The summed E-state index contributed by atoms with van der Waals surface area (Å²) in [4.78, 5) is 15.2. The largest absolute Gasteiger partial charge is 0.374 e. The third-order valence-corrected chi connectivity index (χ3v) is 3.65. The monoisotopic (exact) mass is 295 g/mol. The summed E-state index contributed by atoms with van der Waals surface area (Å²) in [5.41, 5.74) is 6.43. The number of rotatable bonds is 7. The van der Waals surface area contributed by atoms with Gasteiger partial charge in [0.15, 0.2) is 0 Å². The van der Waals surface area contributed by atoms with Gasteiger partial charge in [0.05, 0.1) is 24.9 Å². The number of morpholine rings is 1. The van der Waals surface area contributed by atoms with E-state index in [2.05, 4.69) is 23.0 Å². The minimum absolute atomic E-state index is 0.112. The molecular formula is C14H25N5O2. The van der Waals surface area contributed by atoms with Crippen LogP contribution in [0.4, 0.5) is 0 Å². The summed E-state index contributed by atoms with van der Waals surface area (Å²) in [6.07, 6.45) is 1.96. The number of carbonyl (C=O) groups excluding carboxylic acids is 1. The summed E-state index contributed by atoms with van der Waals surface area (Å²) >= 11 is 0. The zero-order valence-corrected chi connectivity index (χ0v) is 12.9. The van der Waals surface area contributed by atoms with E-state index in [0.717, 1.165) is 32.8 Å². The predicted octanol–water partition coefficient (Wildman–Crippen LogP) is -0.479. The Morgan fingerprint density at radius 2 is 2.43 bits per heavy atom. The van der Waals surface area contributed by atoms with E-state index in [9.17, 15) is 4.79 Å². The number of primary amides is 1. The summed E-state index contributed by atoms with van der Waals surface area (Å²) in [7, 11) is 1.89. The van der Waals surface area contributed by atoms with Crippen molar-refractivity contribution in [2.75, 3.05) is 39.8 Å². The Labute approximate surface area is 125 Å². The first kappa shape index (κ1) is 15.9. The van der Waals surface area contributed by atoms with Crippen LogP contribution >= 0.6 is 0 Å². The van der Waals surface area contributed by atoms with E-state index in [-0.39, 0.29) is 18.6 Å². The van der Waals surface area contributed by atoms with Gasteiger partial charge in [0.1, 0.15) is 0 Å². The van der Waals surface area contributed by atoms with Gasteiger partial charge in [0.25, 0.3) is 0 Å². The number of nitrogens with zero attached hydrogens (tertiary/aromatic N) is 4. The standard InChI is InChI=1S/C14H25N5O2/c1-3-19-12(4-5-16-19)8-18-6-7-21-13(10-18)9-17(2)11-14(15)20/h4-5,13H,3,6-11H2,1-2H3,(H2,15,20). The molecule has 0 spiro atoms. The third kappa shape index (κ3) is 4.80. The Morgan fingerprint density at radius 1 is 1.62 bits per heavy atom. The van der Waals surface area contributed by atoms with E-state index >= 15 is 0 Å². The molecule has 2 rings (SSSR count). The second kappa shape index (κ2) is 7.53. The number of hydrogen-bond acceptors (Lipinski definition) is 5. The van der Waals surface area contributed by atoms with E-state index < -0.39 is 0 Å². The zero-order valence-electron chi connectivity index (χ0n) is 12.9. The first-order valence-corrected chi connectivity index (χ1v) is 7.40. The maximum absolute atomic E-state index is 10.9. The minimum Gasteiger partial charge on any atom is -0.374 e. The minimum atomic E-state index is -0.308. The van der Waals surface area contributed by atoms with Crippen LogP contribution in [0.1, 0.15) is 12.6 Å². The van der Waals surface area contributed by atoms with Crippen LogP contribution < -0.4 is 5.73 Å². The van der Waals surface area contributed by atoms with Crippen LogP contribution in [0.15, 0.2) is 12.3 Å². The molecule has 1 saturated heterocycles. The molecule has 1 aliphatic heterocycles. The van der Waals surface area contributed by atoms with Gasteiger partial charge in [0.2, 0.25) is 5.91 Å². The van der Waals surface area contributed by atoms with Gasteiger partial charge < -0.3 is 10.5 Å². The van der Waals surface area contributed by atoms with E-state index in [1.807, 2.05) is 22.8 Å². The van der Waals surface area contributed by atoms with E-state index in [4.69, 9.17) is 10.5 Å². The Morgan fingerprint density at radius 3 is 3.14 bits per heavy atom. The third-order valence-electron chi connectivity index (χ3n) is 3.65. The lowest BCUT2D eigenvalue weighted by molar-refractivity contribution is -0.119. The smallest absolute Gasteiger partial charge is 0.231 e. The highest BCUT2D eigenvalue weighted by Crippen LogP contribution is 2.11. The zero-order chi connectivity index (χ0) is 15.2. The summed E-state index contributed by atoms with van der Waals surface area (Å²) in [6.45, 7) is 7.34. The van der Waals surface area contributed by atoms with Crippen molar-refractivity contribution in [3.63, 3.8) is 0 Å². The lowest BCUT2D eigenvalue weighted by Gasteiger charge is -2.34. The van der Waals surface area contributed by atoms with Crippen molar-refractivity contribution in [3.8, 4) is 0 Å². The molecular weight excluding hydrogens is 270 g/mol. The summed E-state index contributed by atoms with van der Waals surface area (Å²) in [6, 6.07) is 2.06. The number of nitrogens with two attached hydrogens (primary N) is 1. The fourth-order valence-electron chi connectivity index (χ4n) is 2.72. The topological polar surface area (TPSA) is 76.6 Å². The summed E-state index contributed by atoms with van der Waals surface area (Å²) in [5, 5.41) is 4.30. The molecule has 0 saturated carbocycles. The molecule has 1 aromatic heterocycles. The summed E-state index contributed by atoms with van der Waals surface area (Å²) < 4.78 is 7.80. The molecule has 2 heterocycles. The van der Waals surface area contributed by atoms with Crippen molar-refractivity contribution in [2.45, 2.75) is 26.1 Å². The molecule has 0 radical (unpaired) electrons. The van der Waals surface area contributed by atoms with E-state index in [1.54, 1.807) is 0 Å². The lowest BCUT2D eigenvalue weighted by Crippen LogP contribution is -2.47. The average molecular weight is 295 g/mol. The highest BCUT2D eigenvalue weighted by atomic mass is 16.5. The molecule has 1 fully saturated rings. The quantitative estimate of drug-likeness (QED) is 0.735. The first-order chi connectivity index (χ1) is 10.1. The maximum atomic E-state index is 10.9. The molecule has 21 heavy (non-hydrogen) atoms. The first-order valence-electron chi connectivity index (χ1n) is 7.40. The number of likely N-dealkylation sites (N-methyl/N-ethyl adjacent to an activating group) is 1. The number of aryl methyl sites for hydroxylation is 1. The normalized spacial score (nSPS) is 20.0. The SMILES string of the molecule is CCn1nccc1CN1CCOC(CN(C)CC(N)=O)C1. The number of hydrogen-bond donors (Lipinski definition) is 1. The number of aromatic nitrogens is 2. The van der Waals surface area contributed by atoms with Crippen molar-refractivity contribution in [1.82, 2.24) is 19.6 Å². The molecule has 0 aliphatic carbocycles. The molecule has 1 aromatic rings. The van der Waals surface area contributed by atoms with Crippen LogP contribution in [0.3, 0.4) is 0 Å². The highest BCUT2D eigenvalue weighted by molar-refractivity contribution is 5.75. The van der Waals surface area contributed by atoms with Crippen molar-refractivity contribution >= 4 is 5.91 Å². The fourth-order valence-corrected chi connectivity index (χ4v) is 2.72. The van der Waals surface area contributed by atoms with Crippen LogP contribution in [0, 0.1) is 0 Å². The molecule has 1 amide bonds. The Kier molecular flexibility index (Phi) is 5.72. The maximum Gasteiger partial charge on any atom is 0.231 e. The Balaban J connectivity index is 1.84. The molecule has 1 atom stereocenters. The van der Waals surface area contributed by atoms with Gasteiger partial charge in [-0.3, -0.25) is 19.3 Å². The van der Waals surface area contributed by atoms with Gasteiger partial charge >= 0.3 is 0 Å². The predicted molar refractivity (Wildman–Crippen MR) is 79.6 cm³/mol. The van der Waals surface area contributed by atoms with E-state index in [1.165, 1.54) is 5.69 Å². The lowest BCUT2D eigenvalue weighted by atomic mass is 10.2. The van der Waals surface area contributed by atoms with Gasteiger partial charge in [-0.05, 0) is 20.0 Å². The van der Waals surface area contributed by atoms with Crippen molar-refractivity contribution < 1.29 is 9.53 Å². The molecule has 2 N–H and O–H groups in total. The van der Waals surface area contributed by atoms with Gasteiger partial charge in [-0.1, -0.05) is 0 Å². The van der Waals surface area contributed by atoms with Crippen molar-refractivity contribution in [3.05, 3.63) is 18.0 Å². The molecule has 0 aromatic carbocycles. The van der Waals surface area contributed by atoms with E-state index in [0.29, 0.717) is 6.54 Å². The molecule has 7 heteroatoms. The second-order valence-corrected chi connectivity index (χ2v) is 5.53.